The van der Waals surface area contributed by atoms with Crippen molar-refractivity contribution in [2.75, 3.05) is 11.9 Å². The van der Waals surface area contributed by atoms with Crippen molar-refractivity contribution in [1.29, 1.82) is 5.26 Å². The van der Waals surface area contributed by atoms with Crippen molar-refractivity contribution in [2.24, 2.45) is 0 Å². The molecule has 2 amide bonds. The standard InChI is InChI=1S/C23H23N3O2S/c1-14-5-9-18(10-6-14)26-22(28)20(12-17-8-7-15(2)16(3)11-17)29-23(26)19(13-24)21(27)25-4/h5-11,20H,12H2,1-4H3,(H,25,27)/b23-19-/t20-/m1/s1. The number of carbonyl (C=O) groups is 2. The quantitative estimate of drug-likeness (QED) is 0.621. The first-order valence-corrected chi connectivity index (χ1v) is 10.2. The van der Waals surface area contributed by atoms with Gasteiger partial charge in [-0.3, -0.25) is 14.5 Å². The SMILES string of the molecule is CNC(=O)/C(C#N)=C1\S[C@H](Cc2ccc(C)c(C)c2)C(=O)N1c1ccc(C)cc1. The molecule has 0 saturated carbocycles. The second-order valence-corrected chi connectivity index (χ2v) is 8.30. The second-order valence-electron chi connectivity index (χ2n) is 7.11. The topological polar surface area (TPSA) is 73.2 Å². The van der Waals surface area contributed by atoms with E-state index in [4.69, 9.17) is 0 Å². The van der Waals surface area contributed by atoms with Crippen molar-refractivity contribution in [2.45, 2.75) is 32.4 Å². The van der Waals surface area contributed by atoms with E-state index in [1.165, 1.54) is 34.8 Å². The molecule has 29 heavy (non-hydrogen) atoms. The van der Waals surface area contributed by atoms with Crippen LogP contribution in [0.2, 0.25) is 0 Å². The molecule has 0 unspecified atom stereocenters. The molecule has 0 bridgehead atoms. The first-order valence-electron chi connectivity index (χ1n) is 9.35. The van der Waals surface area contributed by atoms with Crippen LogP contribution >= 0.6 is 11.8 Å². The maximum Gasteiger partial charge on any atom is 0.264 e. The van der Waals surface area contributed by atoms with Crippen LogP contribution in [0.4, 0.5) is 5.69 Å². The molecular formula is C23H23N3O2S. The van der Waals surface area contributed by atoms with Crippen molar-refractivity contribution in [3.63, 3.8) is 0 Å². The minimum Gasteiger partial charge on any atom is -0.354 e. The summed E-state index contributed by atoms with van der Waals surface area (Å²) in [6, 6.07) is 15.6. The van der Waals surface area contributed by atoms with Crippen molar-refractivity contribution in [1.82, 2.24) is 5.32 Å². The maximum atomic E-state index is 13.3. The summed E-state index contributed by atoms with van der Waals surface area (Å²) in [5.41, 5.74) is 5.11. The van der Waals surface area contributed by atoms with Crippen LogP contribution in [0.5, 0.6) is 0 Å². The highest BCUT2D eigenvalue weighted by Gasteiger charge is 2.40. The number of nitrogens with zero attached hydrogens (tertiary/aromatic N) is 2. The summed E-state index contributed by atoms with van der Waals surface area (Å²) in [7, 11) is 1.48. The van der Waals surface area contributed by atoms with Crippen LogP contribution in [-0.4, -0.2) is 24.1 Å². The smallest absolute Gasteiger partial charge is 0.264 e. The average Bonchev–Trinajstić information content (AvgIpc) is 3.01. The maximum absolute atomic E-state index is 13.3. The number of thioether (sulfide) groups is 1. The van der Waals surface area contributed by atoms with Crippen LogP contribution in [0.1, 0.15) is 22.3 Å². The highest BCUT2D eigenvalue weighted by molar-refractivity contribution is 8.05. The van der Waals surface area contributed by atoms with E-state index < -0.39 is 11.2 Å². The van der Waals surface area contributed by atoms with E-state index in [1.54, 1.807) is 0 Å². The summed E-state index contributed by atoms with van der Waals surface area (Å²) in [4.78, 5) is 27.1. The Kier molecular flexibility index (Phi) is 6.09. The predicted molar refractivity (Wildman–Crippen MR) is 116 cm³/mol. The second kappa shape index (κ2) is 8.54. The summed E-state index contributed by atoms with van der Waals surface area (Å²) < 4.78 is 0. The molecule has 1 aliphatic rings. The number of nitrogens with one attached hydrogen (secondary N) is 1. The van der Waals surface area contributed by atoms with E-state index in [1.807, 2.05) is 50.2 Å². The summed E-state index contributed by atoms with van der Waals surface area (Å²) in [6.07, 6.45) is 0.531. The summed E-state index contributed by atoms with van der Waals surface area (Å²) >= 11 is 1.28. The number of benzene rings is 2. The Labute approximate surface area is 175 Å². The van der Waals surface area contributed by atoms with Gasteiger partial charge in [0.15, 0.2) is 0 Å². The van der Waals surface area contributed by atoms with Crippen molar-refractivity contribution in [3.05, 3.63) is 75.3 Å². The average molecular weight is 406 g/mol. The number of amides is 2. The number of aryl methyl sites for hydroxylation is 3. The van der Waals surface area contributed by atoms with E-state index in [2.05, 4.69) is 24.4 Å². The fraction of sp³-hybridized carbons (Fsp3) is 0.261. The number of likely N-dealkylation sites (N-methyl/N-ethyl adjacent to an activating group) is 1. The highest BCUT2D eigenvalue weighted by atomic mass is 32.2. The van der Waals surface area contributed by atoms with Gasteiger partial charge in [-0.2, -0.15) is 5.26 Å². The van der Waals surface area contributed by atoms with E-state index in [0.29, 0.717) is 17.1 Å². The van der Waals surface area contributed by atoms with Crippen LogP contribution in [-0.2, 0) is 16.0 Å². The molecule has 0 spiro atoms. The number of nitriles is 1. The van der Waals surface area contributed by atoms with Gasteiger partial charge in [0, 0.05) is 12.7 Å². The Balaban J connectivity index is 2.03. The number of hydrogen-bond donors (Lipinski definition) is 1. The van der Waals surface area contributed by atoms with Crippen LogP contribution in [0.3, 0.4) is 0 Å². The monoisotopic (exact) mass is 405 g/mol. The summed E-state index contributed by atoms with van der Waals surface area (Å²) in [6.45, 7) is 6.07. The van der Waals surface area contributed by atoms with Crippen LogP contribution in [0.15, 0.2) is 53.1 Å². The molecule has 148 valence electrons. The van der Waals surface area contributed by atoms with Gasteiger partial charge in [-0.15, -0.1) is 0 Å². The zero-order valence-corrected chi connectivity index (χ0v) is 17.8. The summed E-state index contributed by atoms with van der Waals surface area (Å²) in [5, 5.41) is 12.1. The highest BCUT2D eigenvalue weighted by Crippen LogP contribution is 2.42. The number of anilines is 1. The molecule has 0 aromatic heterocycles. The first-order chi connectivity index (χ1) is 13.8. The minimum absolute atomic E-state index is 0.0472. The number of hydrogen-bond acceptors (Lipinski definition) is 4. The van der Waals surface area contributed by atoms with Gasteiger partial charge >= 0.3 is 0 Å². The van der Waals surface area contributed by atoms with Crippen molar-refractivity contribution in [3.8, 4) is 6.07 Å². The third kappa shape index (κ3) is 4.20. The van der Waals surface area contributed by atoms with Crippen LogP contribution in [0, 0.1) is 32.1 Å². The minimum atomic E-state index is -0.494. The molecule has 1 N–H and O–H groups in total. The Morgan fingerprint density at radius 3 is 2.41 bits per heavy atom. The van der Waals surface area contributed by atoms with Gasteiger partial charge in [0.2, 0.25) is 5.91 Å². The fourth-order valence-corrected chi connectivity index (χ4v) is 4.49. The molecule has 0 radical (unpaired) electrons. The predicted octanol–water partition coefficient (Wildman–Crippen LogP) is 3.78. The van der Waals surface area contributed by atoms with Gasteiger partial charge in [-0.25, -0.2) is 0 Å². The van der Waals surface area contributed by atoms with E-state index in [9.17, 15) is 14.9 Å². The first kappa shape index (κ1) is 20.7. The Hall–Kier alpha value is -3.04. The lowest BCUT2D eigenvalue weighted by atomic mass is 10.0. The third-order valence-corrected chi connectivity index (χ3v) is 6.28. The van der Waals surface area contributed by atoms with E-state index in [-0.39, 0.29) is 11.5 Å². The van der Waals surface area contributed by atoms with Gasteiger partial charge in [0.25, 0.3) is 5.91 Å². The molecule has 0 aliphatic carbocycles. The Bertz CT molecular complexity index is 1040. The lowest BCUT2D eigenvalue weighted by Crippen LogP contribution is -2.31. The largest absolute Gasteiger partial charge is 0.354 e. The zero-order chi connectivity index (χ0) is 21.1. The molecule has 1 atom stereocenters. The lowest BCUT2D eigenvalue weighted by Gasteiger charge is -2.18. The van der Waals surface area contributed by atoms with Gasteiger partial charge in [0.1, 0.15) is 16.7 Å². The molecule has 2 aromatic carbocycles. The van der Waals surface area contributed by atoms with E-state index in [0.717, 1.165) is 11.1 Å². The molecule has 1 aliphatic heterocycles. The molecular weight excluding hydrogens is 382 g/mol. The Morgan fingerprint density at radius 1 is 1.14 bits per heavy atom. The lowest BCUT2D eigenvalue weighted by molar-refractivity contribution is -0.117. The normalized spacial score (nSPS) is 17.8. The molecule has 2 aromatic rings. The zero-order valence-electron chi connectivity index (χ0n) is 16.9. The third-order valence-electron chi connectivity index (χ3n) is 5.02. The molecule has 1 fully saturated rings. The fourth-order valence-electron chi connectivity index (χ4n) is 3.19. The van der Waals surface area contributed by atoms with Gasteiger partial charge in [-0.05, 0) is 56.0 Å². The van der Waals surface area contributed by atoms with E-state index >= 15 is 0 Å². The van der Waals surface area contributed by atoms with Gasteiger partial charge < -0.3 is 5.32 Å². The van der Waals surface area contributed by atoms with Crippen molar-refractivity contribution < 1.29 is 9.59 Å². The van der Waals surface area contributed by atoms with Crippen LogP contribution < -0.4 is 10.2 Å². The number of carbonyl (C=O) groups excluding carboxylic acids is 2. The van der Waals surface area contributed by atoms with Gasteiger partial charge in [-0.1, -0.05) is 47.7 Å². The molecule has 1 heterocycles. The molecule has 1 saturated heterocycles. The molecule has 3 rings (SSSR count). The van der Waals surface area contributed by atoms with Gasteiger partial charge in [0.05, 0.1) is 5.25 Å². The molecule has 6 heteroatoms. The van der Waals surface area contributed by atoms with Crippen LogP contribution in [0.25, 0.3) is 0 Å². The number of rotatable bonds is 4. The molecule has 5 nitrogen and oxygen atoms in total. The Morgan fingerprint density at radius 2 is 1.83 bits per heavy atom. The van der Waals surface area contributed by atoms with Crippen molar-refractivity contribution >= 4 is 29.3 Å². The summed E-state index contributed by atoms with van der Waals surface area (Å²) in [5.74, 6) is -0.615.